The minimum atomic E-state index is -0.221. The molecule has 5 heteroatoms. The lowest BCUT2D eigenvalue weighted by Gasteiger charge is -2.34. The van der Waals surface area contributed by atoms with E-state index in [-0.39, 0.29) is 18.1 Å². The number of amides is 1. The van der Waals surface area contributed by atoms with Crippen LogP contribution in [0.25, 0.3) is 0 Å². The van der Waals surface area contributed by atoms with E-state index < -0.39 is 0 Å². The smallest absolute Gasteiger partial charge is 0.271 e. The van der Waals surface area contributed by atoms with Gasteiger partial charge in [0, 0.05) is 11.3 Å². The lowest BCUT2D eigenvalue weighted by Crippen LogP contribution is -2.30. The molecule has 1 heterocycles. The molecule has 1 aliphatic heterocycles. The second-order valence-electron chi connectivity index (χ2n) is 7.04. The molecule has 0 aromatic heterocycles. The van der Waals surface area contributed by atoms with E-state index in [0.29, 0.717) is 23.0 Å². The monoisotopic (exact) mass is 302 g/mol. The van der Waals surface area contributed by atoms with E-state index in [1.807, 2.05) is 0 Å². The van der Waals surface area contributed by atoms with E-state index in [4.69, 9.17) is 9.47 Å². The highest BCUT2D eigenvalue weighted by Gasteiger charge is 2.29. The SMILES string of the molecule is CC1CC(=NNC(=O)c2ccc3c(c2)OCO3)CC(C)(C)C1. The fourth-order valence-corrected chi connectivity index (χ4v) is 3.43. The van der Waals surface area contributed by atoms with Gasteiger partial charge in [-0.3, -0.25) is 4.79 Å². The third-order valence-corrected chi connectivity index (χ3v) is 4.12. The van der Waals surface area contributed by atoms with Gasteiger partial charge in [0.15, 0.2) is 11.5 Å². The zero-order chi connectivity index (χ0) is 15.7. The number of nitrogens with zero attached hydrogens (tertiary/aromatic N) is 1. The van der Waals surface area contributed by atoms with Crippen LogP contribution in [-0.2, 0) is 0 Å². The van der Waals surface area contributed by atoms with Crippen molar-refractivity contribution >= 4 is 11.6 Å². The standard InChI is InChI=1S/C17H22N2O3/c1-11-6-13(9-17(2,3)8-11)18-19-16(20)12-4-5-14-15(7-12)22-10-21-14/h4-5,7,11H,6,8-10H2,1-3H3,(H,19,20). The van der Waals surface area contributed by atoms with E-state index in [9.17, 15) is 4.79 Å². The number of benzene rings is 1. The summed E-state index contributed by atoms with van der Waals surface area (Å²) in [4.78, 5) is 12.2. The van der Waals surface area contributed by atoms with Gasteiger partial charge in [0.05, 0.1) is 0 Å². The molecule has 118 valence electrons. The molecule has 22 heavy (non-hydrogen) atoms. The van der Waals surface area contributed by atoms with Crippen molar-refractivity contribution in [2.24, 2.45) is 16.4 Å². The molecule has 1 fully saturated rings. The van der Waals surface area contributed by atoms with Crippen molar-refractivity contribution in [1.29, 1.82) is 0 Å². The van der Waals surface area contributed by atoms with Crippen molar-refractivity contribution in [3.63, 3.8) is 0 Å². The van der Waals surface area contributed by atoms with Gasteiger partial charge in [-0.2, -0.15) is 5.10 Å². The van der Waals surface area contributed by atoms with Crippen molar-refractivity contribution in [2.75, 3.05) is 6.79 Å². The zero-order valence-corrected chi connectivity index (χ0v) is 13.3. The molecule has 0 bridgehead atoms. The number of hydrogen-bond acceptors (Lipinski definition) is 4. The Morgan fingerprint density at radius 2 is 2.09 bits per heavy atom. The molecule has 0 saturated heterocycles. The summed E-state index contributed by atoms with van der Waals surface area (Å²) in [7, 11) is 0. The number of nitrogens with one attached hydrogen (secondary N) is 1. The fraction of sp³-hybridized carbons (Fsp3) is 0.529. The van der Waals surface area contributed by atoms with Crippen LogP contribution in [0.3, 0.4) is 0 Å². The lowest BCUT2D eigenvalue weighted by molar-refractivity contribution is 0.0953. The van der Waals surface area contributed by atoms with Crippen LogP contribution in [0.2, 0.25) is 0 Å². The topological polar surface area (TPSA) is 59.9 Å². The molecule has 1 aromatic carbocycles. The van der Waals surface area contributed by atoms with Gasteiger partial charge in [-0.05, 0) is 48.8 Å². The van der Waals surface area contributed by atoms with Crippen molar-refractivity contribution in [1.82, 2.24) is 5.43 Å². The number of hydrazone groups is 1. The molecule has 1 aromatic rings. The molecule has 1 saturated carbocycles. The number of carbonyl (C=O) groups is 1. The Morgan fingerprint density at radius 3 is 2.86 bits per heavy atom. The molecular weight excluding hydrogens is 280 g/mol. The first-order valence-electron chi connectivity index (χ1n) is 7.68. The van der Waals surface area contributed by atoms with Gasteiger partial charge in [-0.25, -0.2) is 5.43 Å². The largest absolute Gasteiger partial charge is 0.454 e. The van der Waals surface area contributed by atoms with Crippen LogP contribution < -0.4 is 14.9 Å². The molecule has 3 rings (SSSR count). The van der Waals surface area contributed by atoms with Gasteiger partial charge in [-0.15, -0.1) is 0 Å². The molecule has 1 amide bonds. The highest BCUT2D eigenvalue weighted by molar-refractivity contribution is 5.96. The van der Waals surface area contributed by atoms with Gasteiger partial charge in [0.1, 0.15) is 0 Å². The molecular formula is C17H22N2O3. The fourth-order valence-electron chi connectivity index (χ4n) is 3.43. The van der Waals surface area contributed by atoms with Crippen molar-refractivity contribution in [3.8, 4) is 11.5 Å². The Labute approximate surface area is 130 Å². The van der Waals surface area contributed by atoms with Gasteiger partial charge in [0.2, 0.25) is 6.79 Å². The number of hydrogen-bond donors (Lipinski definition) is 1. The number of rotatable bonds is 2. The Morgan fingerprint density at radius 1 is 1.32 bits per heavy atom. The molecule has 0 radical (unpaired) electrons. The van der Waals surface area contributed by atoms with Crippen LogP contribution in [0, 0.1) is 11.3 Å². The van der Waals surface area contributed by atoms with Gasteiger partial charge in [0.25, 0.3) is 5.91 Å². The summed E-state index contributed by atoms with van der Waals surface area (Å²) >= 11 is 0. The Balaban J connectivity index is 1.68. The Kier molecular flexibility index (Phi) is 3.81. The minimum absolute atomic E-state index is 0.204. The van der Waals surface area contributed by atoms with Crippen LogP contribution in [0.5, 0.6) is 11.5 Å². The maximum absolute atomic E-state index is 12.2. The van der Waals surface area contributed by atoms with E-state index in [1.54, 1.807) is 18.2 Å². The first-order valence-corrected chi connectivity index (χ1v) is 7.68. The summed E-state index contributed by atoms with van der Waals surface area (Å²) in [5, 5.41) is 4.34. The van der Waals surface area contributed by atoms with Gasteiger partial charge < -0.3 is 9.47 Å². The molecule has 2 aliphatic rings. The molecule has 1 aliphatic carbocycles. The van der Waals surface area contributed by atoms with Crippen molar-refractivity contribution < 1.29 is 14.3 Å². The minimum Gasteiger partial charge on any atom is -0.454 e. The summed E-state index contributed by atoms with van der Waals surface area (Å²) in [6.07, 6.45) is 3.08. The third kappa shape index (κ3) is 3.24. The Hall–Kier alpha value is -2.04. The summed E-state index contributed by atoms with van der Waals surface area (Å²) in [5.74, 6) is 1.66. The van der Waals surface area contributed by atoms with Gasteiger partial charge >= 0.3 is 0 Å². The first kappa shape index (κ1) is 14.9. The lowest BCUT2D eigenvalue weighted by atomic mass is 9.72. The quantitative estimate of drug-likeness (QED) is 0.852. The maximum atomic E-state index is 12.2. The number of ether oxygens (including phenoxy) is 2. The van der Waals surface area contributed by atoms with Crippen LogP contribution in [0.15, 0.2) is 23.3 Å². The van der Waals surface area contributed by atoms with Crippen LogP contribution >= 0.6 is 0 Å². The average molecular weight is 302 g/mol. The van der Waals surface area contributed by atoms with E-state index in [2.05, 4.69) is 31.3 Å². The van der Waals surface area contributed by atoms with Crippen LogP contribution in [0.1, 0.15) is 50.4 Å². The first-order chi connectivity index (χ1) is 10.4. The summed E-state index contributed by atoms with van der Waals surface area (Å²) in [6.45, 7) is 6.93. The zero-order valence-electron chi connectivity index (χ0n) is 13.3. The summed E-state index contributed by atoms with van der Waals surface area (Å²) in [6, 6.07) is 5.15. The Bertz CT molecular complexity index is 622. The number of fused-ring (bicyclic) bond motifs is 1. The summed E-state index contributed by atoms with van der Waals surface area (Å²) in [5.41, 5.74) is 4.51. The molecule has 0 spiro atoms. The summed E-state index contributed by atoms with van der Waals surface area (Å²) < 4.78 is 10.5. The maximum Gasteiger partial charge on any atom is 0.271 e. The predicted octanol–water partition coefficient (Wildman–Crippen LogP) is 3.35. The van der Waals surface area contributed by atoms with E-state index in [0.717, 1.165) is 18.6 Å². The average Bonchev–Trinajstić information content (AvgIpc) is 2.89. The number of carbonyl (C=O) groups excluding carboxylic acids is 1. The molecule has 5 nitrogen and oxygen atoms in total. The second-order valence-corrected chi connectivity index (χ2v) is 7.04. The predicted molar refractivity (Wildman–Crippen MR) is 84.3 cm³/mol. The highest BCUT2D eigenvalue weighted by atomic mass is 16.7. The van der Waals surface area contributed by atoms with Gasteiger partial charge in [-0.1, -0.05) is 20.8 Å². The highest BCUT2D eigenvalue weighted by Crippen LogP contribution is 2.37. The third-order valence-electron chi connectivity index (χ3n) is 4.12. The van der Waals surface area contributed by atoms with Crippen molar-refractivity contribution in [2.45, 2.75) is 40.0 Å². The van der Waals surface area contributed by atoms with Crippen LogP contribution in [-0.4, -0.2) is 18.4 Å². The van der Waals surface area contributed by atoms with Crippen LogP contribution in [0.4, 0.5) is 0 Å². The normalized spacial score (nSPS) is 24.3. The molecule has 1 atom stereocenters. The second kappa shape index (κ2) is 5.63. The molecule has 1 unspecified atom stereocenters. The van der Waals surface area contributed by atoms with E-state index >= 15 is 0 Å². The van der Waals surface area contributed by atoms with Crippen molar-refractivity contribution in [3.05, 3.63) is 23.8 Å². The molecule has 1 N–H and O–H groups in total. The van der Waals surface area contributed by atoms with E-state index in [1.165, 1.54) is 6.42 Å².